The molecule has 0 aliphatic rings. The first-order valence-corrected chi connectivity index (χ1v) is 5.58. The quantitative estimate of drug-likeness (QED) is 0.591. The molecular formula is C9H11Cl3N2. The predicted octanol–water partition coefficient (Wildman–Crippen LogP) is 4.34. The Morgan fingerprint density at radius 3 is 2.07 bits per heavy atom. The SMILES string of the molecule is CCC[C@H](C)c1c(Cl)nc(Cl)nc1Cl. The van der Waals surface area contributed by atoms with Crippen LogP contribution in [0.4, 0.5) is 0 Å². The van der Waals surface area contributed by atoms with E-state index in [9.17, 15) is 0 Å². The lowest BCUT2D eigenvalue weighted by molar-refractivity contribution is 0.660. The van der Waals surface area contributed by atoms with E-state index in [1.54, 1.807) is 0 Å². The van der Waals surface area contributed by atoms with Crippen molar-refractivity contribution in [3.05, 3.63) is 21.2 Å². The van der Waals surface area contributed by atoms with Gasteiger partial charge in [0, 0.05) is 5.56 Å². The third kappa shape index (κ3) is 2.72. The third-order valence-electron chi connectivity index (χ3n) is 2.04. The zero-order valence-corrected chi connectivity index (χ0v) is 10.3. The summed E-state index contributed by atoms with van der Waals surface area (Å²) in [6.45, 7) is 4.16. The fraction of sp³-hybridized carbons (Fsp3) is 0.556. The number of aromatic nitrogens is 2. The highest BCUT2D eigenvalue weighted by Crippen LogP contribution is 2.32. The van der Waals surface area contributed by atoms with Gasteiger partial charge in [-0.25, -0.2) is 9.97 Å². The van der Waals surface area contributed by atoms with Gasteiger partial charge < -0.3 is 0 Å². The molecule has 0 saturated carbocycles. The summed E-state index contributed by atoms with van der Waals surface area (Å²) in [6, 6.07) is 0. The van der Waals surface area contributed by atoms with Gasteiger partial charge in [0.05, 0.1) is 0 Å². The topological polar surface area (TPSA) is 25.8 Å². The monoisotopic (exact) mass is 252 g/mol. The van der Waals surface area contributed by atoms with E-state index in [1.807, 2.05) is 6.92 Å². The van der Waals surface area contributed by atoms with Gasteiger partial charge in [-0.2, -0.15) is 0 Å². The zero-order chi connectivity index (χ0) is 10.7. The summed E-state index contributed by atoms with van der Waals surface area (Å²) in [5.74, 6) is 0.261. The van der Waals surface area contributed by atoms with E-state index < -0.39 is 0 Å². The van der Waals surface area contributed by atoms with Crippen LogP contribution in [0.5, 0.6) is 0 Å². The Kier molecular flexibility index (Phi) is 4.42. The van der Waals surface area contributed by atoms with E-state index in [-0.39, 0.29) is 11.2 Å². The molecule has 0 aromatic carbocycles. The molecule has 1 rings (SSSR count). The molecule has 0 aliphatic carbocycles. The molecule has 2 nitrogen and oxygen atoms in total. The third-order valence-corrected chi connectivity index (χ3v) is 2.79. The molecule has 1 aromatic rings. The van der Waals surface area contributed by atoms with Crippen molar-refractivity contribution in [3.8, 4) is 0 Å². The molecule has 14 heavy (non-hydrogen) atoms. The molecule has 1 heterocycles. The van der Waals surface area contributed by atoms with Gasteiger partial charge in [0.25, 0.3) is 0 Å². The summed E-state index contributed by atoms with van der Waals surface area (Å²) in [6.07, 6.45) is 2.07. The van der Waals surface area contributed by atoms with E-state index in [4.69, 9.17) is 34.8 Å². The zero-order valence-electron chi connectivity index (χ0n) is 8.02. The Labute approximate surface area is 98.6 Å². The van der Waals surface area contributed by atoms with Gasteiger partial charge in [-0.05, 0) is 23.9 Å². The Morgan fingerprint density at radius 1 is 1.14 bits per heavy atom. The van der Waals surface area contributed by atoms with E-state index in [0.717, 1.165) is 18.4 Å². The van der Waals surface area contributed by atoms with Crippen LogP contribution < -0.4 is 0 Å². The van der Waals surface area contributed by atoms with Gasteiger partial charge in [0.1, 0.15) is 10.3 Å². The summed E-state index contributed by atoms with van der Waals surface area (Å²) >= 11 is 17.5. The van der Waals surface area contributed by atoms with Crippen LogP contribution in [0.2, 0.25) is 15.6 Å². The fourth-order valence-electron chi connectivity index (χ4n) is 1.38. The maximum Gasteiger partial charge on any atom is 0.225 e. The molecule has 1 aromatic heterocycles. The van der Waals surface area contributed by atoms with E-state index in [0.29, 0.717) is 10.3 Å². The Morgan fingerprint density at radius 2 is 1.64 bits per heavy atom. The van der Waals surface area contributed by atoms with Crippen molar-refractivity contribution in [2.75, 3.05) is 0 Å². The Balaban J connectivity index is 3.07. The Bertz CT molecular complexity index is 305. The smallest absolute Gasteiger partial charge is 0.206 e. The number of nitrogens with zero attached hydrogens (tertiary/aromatic N) is 2. The highest BCUT2D eigenvalue weighted by atomic mass is 35.5. The van der Waals surface area contributed by atoms with Gasteiger partial charge in [-0.3, -0.25) is 0 Å². The molecule has 0 bridgehead atoms. The van der Waals surface area contributed by atoms with Gasteiger partial charge in [-0.15, -0.1) is 0 Å². The standard InChI is InChI=1S/C9H11Cl3N2/c1-3-4-5(2)6-7(10)13-9(12)14-8(6)11/h5H,3-4H2,1-2H3/t5-/m0/s1. The number of hydrogen-bond acceptors (Lipinski definition) is 2. The molecule has 0 fully saturated rings. The number of hydrogen-bond donors (Lipinski definition) is 0. The molecule has 5 heteroatoms. The molecule has 0 spiro atoms. The van der Waals surface area contributed by atoms with E-state index >= 15 is 0 Å². The molecular weight excluding hydrogens is 242 g/mol. The minimum absolute atomic E-state index is 0.0902. The van der Waals surface area contributed by atoms with Crippen molar-refractivity contribution < 1.29 is 0 Å². The molecule has 78 valence electrons. The van der Waals surface area contributed by atoms with Crippen LogP contribution in [0.1, 0.15) is 38.2 Å². The van der Waals surface area contributed by atoms with Gasteiger partial charge in [0.2, 0.25) is 5.28 Å². The molecule has 0 aliphatic heterocycles. The molecule has 0 radical (unpaired) electrons. The van der Waals surface area contributed by atoms with Crippen LogP contribution >= 0.6 is 34.8 Å². The lowest BCUT2D eigenvalue weighted by atomic mass is 9.99. The van der Waals surface area contributed by atoms with Crippen molar-refractivity contribution in [1.82, 2.24) is 9.97 Å². The highest BCUT2D eigenvalue weighted by molar-refractivity contribution is 6.36. The summed E-state index contributed by atoms with van der Waals surface area (Å²) in [4.78, 5) is 7.75. The van der Waals surface area contributed by atoms with E-state index in [1.165, 1.54) is 0 Å². The second kappa shape index (κ2) is 5.15. The first-order valence-electron chi connectivity index (χ1n) is 4.44. The average molecular weight is 254 g/mol. The average Bonchev–Trinajstić information content (AvgIpc) is 2.01. The van der Waals surface area contributed by atoms with Crippen LogP contribution in [0, 0.1) is 0 Å². The van der Waals surface area contributed by atoms with Crippen molar-refractivity contribution in [1.29, 1.82) is 0 Å². The lowest BCUT2D eigenvalue weighted by Gasteiger charge is -2.12. The van der Waals surface area contributed by atoms with Crippen molar-refractivity contribution in [3.63, 3.8) is 0 Å². The summed E-state index contributed by atoms with van der Waals surface area (Å²) in [5, 5.41) is 0.805. The van der Waals surface area contributed by atoms with Crippen LogP contribution in [0.3, 0.4) is 0 Å². The van der Waals surface area contributed by atoms with Crippen molar-refractivity contribution in [2.24, 2.45) is 0 Å². The van der Waals surface area contributed by atoms with Crippen LogP contribution in [-0.2, 0) is 0 Å². The van der Waals surface area contributed by atoms with Crippen LogP contribution in [0.25, 0.3) is 0 Å². The maximum absolute atomic E-state index is 5.95. The van der Waals surface area contributed by atoms with Gasteiger partial charge in [0.15, 0.2) is 0 Å². The minimum Gasteiger partial charge on any atom is -0.206 e. The minimum atomic E-state index is 0.0902. The molecule has 0 N–H and O–H groups in total. The maximum atomic E-state index is 5.95. The van der Waals surface area contributed by atoms with Crippen LogP contribution in [-0.4, -0.2) is 9.97 Å². The summed E-state index contributed by atoms with van der Waals surface area (Å²) in [5.41, 5.74) is 0.791. The first kappa shape index (κ1) is 12.0. The molecule has 1 atom stereocenters. The lowest BCUT2D eigenvalue weighted by Crippen LogP contribution is -2.00. The number of halogens is 3. The van der Waals surface area contributed by atoms with Crippen molar-refractivity contribution >= 4 is 34.8 Å². The van der Waals surface area contributed by atoms with Crippen LogP contribution in [0.15, 0.2) is 0 Å². The summed E-state index contributed by atoms with van der Waals surface area (Å²) in [7, 11) is 0. The summed E-state index contributed by atoms with van der Waals surface area (Å²) < 4.78 is 0. The normalized spacial score (nSPS) is 12.9. The van der Waals surface area contributed by atoms with E-state index in [2.05, 4.69) is 16.9 Å². The fourth-order valence-corrected chi connectivity index (χ4v) is 2.39. The van der Waals surface area contributed by atoms with Gasteiger partial charge in [-0.1, -0.05) is 43.5 Å². The predicted molar refractivity (Wildman–Crippen MR) is 60.4 cm³/mol. The van der Waals surface area contributed by atoms with Gasteiger partial charge >= 0.3 is 0 Å². The molecule has 0 amide bonds. The first-order chi connectivity index (χ1) is 6.56. The highest BCUT2D eigenvalue weighted by Gasteiger charge is 2.16. The van der Waals surface area contributed by atoms with Crippen molar-refractivity contribution in [2.45, 2.75) is 32.6 Å². The Hall–Kier alpha value is -0.0500. The molecule has 0 saturated heterocycles. The second-order valence-corrected chi connectivity index (χ2v) is 4.23. The molecule has 0 unspecified atom stereocenters. The number of rotatable bonds is 3. The second-order valence-electron chi connectivity index (χ2n) is 3.18. The largest absolute Gasteiger partial charge is 0.225 e.